The molecule has 1 saturated heterocycles. The molecule has 0 bridgehead atoms. The van der Waals surface area contributed by atoms with E-state index in [1.54, 1.807) is 0 Å². The van der Waals surface area contributed by atoms with E-state index in [2.05, 4.69) is 4.98 Å². The molecule has 23 heavy (non-hydrogen) atoms. The van der Waals surface area contributed by atoms with E-state index in [9.17, 15) is 9.90 Å². The number of hydrogen-bond acceptors (Lipinski definition) is 5. The Balaban J connectivity index is 1.67. The van der Waals surface area contributed by atoms with Crippen LogP contribution in [0, 0.1) is 5.41 Å². The van der Waals surface area contributed by atoms with Gasteiger partial charge < -0.3 is 19.2 Å². The van der Waals surface area contributed by atoms with Crippen LogP contribution in [-0.4, -0.2) is 52.8 Å². The van der Waals surface area contributed by atoms with Crippen LogP contribution in [0.2, 0.25) is 0 Å². The van der Waals surface area contributed by atoms with Gasteiger partial charge in [-0.05, 0) is 19.8 Å². The van der Waals surface area contributed by atoms with Crippen LogP contribution < -0.4 is 0 Å². The van der Waals surface area contributed by atoms with E-state index < -0.39 is 0 Å². The molecule has 1 aliphatic heterocycles. The molecule has 1 aromatic heterocycles. The molecule has 1 amide bonds. The van der Waals surface area contributed by atoms with E-state index >= 15 is 0 Å². The third-order valence-electron chi connectivity index (χ3n) is 5.41. The van der Waals surface area contributed by atoms with Crippen molar-refractivity contribution in [2.75, 3.05) is 19.7 Å². The number of piperidine rings is 1. The summed E-state index contributed by atoms with van der Waals surface area (Å²) in [5.74, 6) is 0.702. The van der Waals surface area contributed by atoms with Gasteiger partial charge in [-0.1, -0.05) is 13.8 Å². The Bertz CT molecular complexity index is 559. The van der Waals surface area contributed by atoms with Gasteiger partial charge >= 0.3 is 0 Å². The molecule has 128 valence electrons. The Morgan fingerprint density at radius 3 is 2.78 bits per heavy atom. The van der Waals surface area contributed by atoms with Crippen LogP contribution in [0.15, 0.2) is 10.8 Å². The van der Waals surface area contributed by atoms with Gasteiger partial charge in [-0.2, -0.15) is 0 Å². The number of carbonyl (C=O) groups is 1. The lowest BCUT2D eigenvalue weighted by Gasteiger charge is -2.56. The monoisotopic (exact) mass is 322 g/mol. The van der Waals surface area contributed by atoms with Gasteiger partial charge in [0.1, 0.15) is 5.76 Å². The van der Waals surface area contributed by atoms with Crippen LogP contribution >= 0.6 is 0 Å². The highest BCUT2D eigenvalue weighted by atomic mass is 16.5. The number of aliphatic hydroxyl groups excluding tert-OH is 1. The van der Waals surface area contributed by atoms with Crippen LogP contribution in [0.3, 0.4) is 0 Å². The molecule has 6 heteroatoms. The fourth-order valence-electron chi connectivity index (χ4n) is 3.92. The van der Waals surface area contributed by atoms with Gasteiger partial charge in [0.2, 0.25) is 0 Å². The Hall–Kier alpha value is -1.40. The van der Waals surface area contributed by atoms with Crippen LogP contribution in [0.25, 0.3) is 0 Å². The fraction of sp³-hybridized carbons (Fsp3) is 0.765. The van der Waals surface area contributed by atoms with Gasteiger partial charge in [0.15, 0.2) is 12.1 Å². The molecule has 2 atom stereocenters. The molecule has 1 saturated carbocycles. The normalized spacial score (nSPS) is 26.6. The zero-order valence-corrected chi connectivity index (χ0v) is 14.1. The van der Waals surface area contributed by atoms with E-state index in [0.717, 1.165) is 12.8 Å². The Morgan fingerprint density at radius 2 is 2.22 bits per heavy atom. The number of nitrogens with zero attached hydrogens (tertiary/aromatic N) is 2. The Labute approximate surface area is 136 Å². The van der Waals surface area contributed by atoms with Gasteiger partial charge in [-0.25, -0.2) is 4.98 Å². The van der Waals surface area contributed by atoms with E-state index in [4.69, 9.17) is 9.15 Å². The van der Waals surface area contributed by atoms with Gasteiger partial charge in [-0.15, -0.1) is 0 Å². The predicted octanol–water partition coefficient (Wildman–Crippen LogP) is 2.19. The number of amides is 1. The molecule has 1 aliphatic carbocycles. The summed E-state index contributed by atoms with van der Waals surface area (Å²) in [6.45, 7) is 7.88. The first kappa shape index (κ1) is 16.5. The number of oxazole rings is 1. The molecular weight excluding hydrogens is 296 g/mol. The van der Waals surface area contributed by atoms with Crippen molar-refractivity contribution in [2.45, 2.75) is 58.2 Å². The number of rotatable bonds is 4. The maximum atomic E-state index is 12.7. The molecule has 1 spiro atoms. The maximum absolute atomic E-state index is 12.7. The number of ether oxygens (including phenoxy) is 1. The number of aromatic nitrogens is 1. The minimum Gasteiger partial charge on any atom is -0.447 e. The molecule has 2 aliphatic rings. The van der Waals surface area contributed by atoms with Crippen LogP contribution in [0.1, 0.15) is 62.2 Å². The second-order valence-electron chi connectivity index (χ2n) is 6.94. The lowest BCUT2D eigenvalue weighted by atomic mass is 9.58. The molecule has 0 radical (unpaired) electrons. The number of aliphatic hydroxyl groups is 1. The SMILES string of the molecule is CCOC1CC(O)C12CCN(C(=O)c1ncoc1C(C)C)CC2. The van der Waals surface area contributed by atoms with Crippen LogP contribution in [0.5, 0.6) is 0 Å². The summed E-state index contributed by atoms with van der Waals surface area (Å²) in [6.07, 6.45) is 3.42. The molecule has 1 N–H and O–H groups in total. The Morgan fingerprint density at radius 1 is 1.52 bits per heavy atom. The lowest BCUT2D eigenvalue weighted by molar-refractivity contribution is -0.207. The maximum Gasteiger partial charge on any atom is 0.276 e. The summed E-state index contributed by atoms with van der Waals surface area (Å²) in [5.41, 5.74) is 0.253. The predicted molar refractivity (Wildman–Crippen MR) is 84.2 cm³/mol. The summed E-state index contributed by atoms with van der Waals surface area (Å²) in [5, 5.41) is 10.2. The van der Waals surface area contributed by atoms with Crippen LogP contribution in [-0.2, 0) is 4.74 Å². The lowest BCUT2D eigenvalue weighted by Crippen LogP contribution is -2.62. The first-order valence-electron chi connectivity index (χ1n) is 8.52. The molecule has 0 aromatic carbocycles. The fourth-order valence-corrected chi connectivity index (χ4v) is 3.92. The summed E-state index contributed by atoms with van der Waals surface area (Å²) in [4.78, 5) is 18.6. The van der Waals surface area contributed by atoms with E-state index in [-0.39, 0.29) is 29.4 Å². The van der Waals surface area contributed by atoms with Crippen molar-refractivity contribution in [3.05, 3.63) is 17.8 Å². The molecular formula is C17H26N2O4. The van der Waals surface area contributed by atoms with Gasteiger partial charge in [-0.3, -0.25) is 4.79 Å². The van der Waals surface area contributed by atoms with Crippen molar-refractivity contribution >= 4 is 5.91 Å². The number of likely N-dealkylation sites (tertiary alicyclic amines) is 1. The summed E-state index contributed by atoms with van der Waals surface area (Å²) < 4.78 is 11.1. The molecule has 2 heterocycles. The zero-order chi connectivity index (χ0) is 16.6. The van der Waals surface area contributed by atoms with Gasteiger partial charge in [0, 0.05) is 37.5 Å². The second-order valence-corrected chi connectivity index (χ2v) is 6.94. The van der Waals surface area contributed by atoms with Gasteiger partial charge in [0.25, 0.3) is 5.91 Å². The van der Waals surface area contributed by atoms with Crippen molar-refractivity contribution in [3.63, 3.8) is 0 Å². The average Bonchev–Trinajstić information content (AvgIpc) is 3.04. The van der Waals surface area contributed by atoms with E-state index in [1.807, 2.05) is 25.7 Å². The molecule has 2 unspecified atom stereocenters. The summed E-state index contributed by atoms with van der Waals surface area (Å²) >= 11 is 0. The summed E-state index contributed by atoms with van der Waals surface area (Å²) in [7, 11) is 0. The van der Waals surface area contributed by atoms with Crippen molar-refractivity contribution in [1.29, 1.82) is 0 Å². The smallest absolute Gasteiger partial charge is 0.276 e. The quantitative estimate of drug-likeness (QED) is 0.919. The van der Waals surface area contributed by atoms with Crippen molar-refractivity contribution < 1.29 is 19.1 Å². The van der Waals surface area contributed by atoms with E-state index in [1.165, 1.54) is 6.39 Å². The minimum absolute atomic E-state index is 0.0703. The average molecular weight is 322 g/mol. The third kappa shape index (κ3) is 2.68. The van der Waals surface area contributed by atoms with Crippen molar-refractivity contribution in [3.8, 4) is 0 Å². The zero-order valence-electron chi connectivity index (χ0n) is 14.1. The summed E-state index contributed by atoms with van der Waals surface area (Å²) in [6, 6.07) is 0. The standard InChI is InChI=1S/C17H26N2O4/c1-4-22-13-9-12(20)17(13)5-7-19(8-6-17)16(21)14-15(11(2)3)23-10-18-14/h10-13,20H,4-9H2,1-3H3. The second kappa shape index (κ2) is 6.24. The Kier molecular flexibility index (Phi) is 4.47. The topological polar surface area (TPSA) is 75.8 Å². The van der Waals surface area contributed by atoms with E-state index in [0.29, 0.717) is 37.6 Å². The van der Waals surface area contributed by atoms with Crippen molar-refractivity contribution in [1.82, 2.24) is 9.88 Å². The highest BCUT2D eigenvalue weighted by molar-refractivity contribution is 5.93. The highest BCUT2D eigenvalue weighted by Crippen LogP contribution is 2.51. The number of carbonyl (C=O) groups excluding carboxylic acids is 1. The molecule has 6 nitrogen and oxygen atoms in total. The first-order chi connectivity index (χ1) is 11.0. The first-order valence-corrected chi connectivity index (χ1v) is 8.52. The highest BCUT2D eigenvalue weighted by Gasteiger charge is 2.56. The molecule has 3 rings (SSSR count). The number of hydrogen-bond donors (Lipinski definition) is 1. The molecule has 2 fully saturated rings. The minimum atomic E-state index is -0.311. The van der Waals surface area contributed by atoms with Crippen LogP contribution in [0.4, 0.5) is 0 Å². The molecule has 1 aromatic rings. The van der Waals surface area contributed by atoms with Gasteiger partial charge in [0.05, 0.1) is 12.2 Å². The third-order valence-corrected chi connectivity index (χ3v) is 5.41. The van der Waals surface area contributed by atoms with Crippen molar-refractivity contribution in [2.24, 2.45) is 5.41 Å². The largest absolute Gasteiger partial charge is 0.447 e.